The molecule has 2 aromatic rings. The van der Waals surface area contributed by atoms with Crippen LogP contribution in [0.3, 0.4) is 0 Å². The fraction of sp³-hybridized carbons (Fsp3) is 0.462. The van der Waals surface area contributed by atoms with Crippen molar-refractivity contribution in [3.05, 3.63) is 38.0 Å². The van der Waals surface area contributed by atoms with Crippen molar-refractivity contribution in [2.24, 2.45) is 0 Å². The molecule has 0 amide bonds. The number of aromatic nitrogens is 1. The Morgan fingerprint density at radius 1 is 1.35 bits per heavy atom. The molecule has 2 rings (SSSR count). The van der Waals surface area contributed by atoms with Crippen molar-refractivity contribution in [1.29, 1.82) is 0 Å². The van der Waals surface area contributed by atoms with Crippen molar-refractivity contribution in [3.8, 4) is 0 Å². The average molecular weight is 266 g/mol. The number of hydrogen-bond acceptors (Lipinski definition) is 4. The van der Waals surface area contributed by atoms with Crippen molar-refractivity contribution >= 4 is 22.7 Å². The van der Waals surface area contributed by atoms with Gasteiger partial charge >= 0.3 is 0 Å². The number of thiophene rings is 1. The lowest BCUT2D eigenvalue weighted by atomic mass is 10.1. The molecule has 2 heterocycles. The molecule has 17 heavy (non-hydrogen) atoms. The average Bonchev–Trinajstić information content (AvgIpc) is 2.90. The lowest BCUT2D eigenvalue weighted by Crippen LogP contribution is -2.22. The normalized spacial score (nSPS) is 12.9. The van der Waals surface area contributed by atoms with E-state index in [0.717, 1.165) is 18.7 Å². The molecular formula is C13H18N2S2. The van der Waals surface area contributed by atoms with Crippen molar-refractivity contribution in [2.75, 3.05) is 6.54 Å². The Hall–Kier alpha value is -0.710. The van der Waals surface area contributed by atoms with Crippen LogP contribution in [-0.2, 0) is 0 Å². The van der Waals surface area contributed by atoms with Crippen molar-refractivity contribution in [3.63, 3.8) is 0 Å². The Labute approximate surface area is 111 Å². The van der Waals surface area contributed by atoms with Gasteiger partial charge in [-0.2, -0.15) is 0 Å². The van der Waals surface area contributed by atoms with Gasteiger partial charge in [0.15, 0.2) is 0 Å². The highest BCUT2D eigenvalue weighted by molar-refractivity contribution is 7.10. The molecule has 1 unspecified atom stereocenters. The van der Waals surface area contributed by atoms with Gasteiger partial charge in [0.2, 0.25) is 0 Å². The molecule has 0 aliphatic heterocycles. The molecule has 92 valence electrons. The van der Waals surface area contributed by atoms with Gasteiger partial charge in [-0.3, -0.25) is 0 Å². The molecule has 0 aliphatic rings. The topological polar surface area (TPSA) is 24.9 Å². The minimum atomic E-state index is 0.312. The first-order chi connectivity index (χ1) is 8.22. The fourth-order valence-corrected chi connectivity index (χ4v) is 3.49. The summed E-state index contributed by atoms with van der Waals surface area (Å²) in [5.74, 6) is 0. The molecular weight excluding hydrogens is 248 g/mol. The third-order valence-electron chi connectivity index (χ3n) is 2.73. The Bertz CT molecular complexity index is 473. The molecule has 0 saturated carbocycles. The van der Waals surface area contributed by atoms with Crippen LogP contribution in [0.1, 0.15) is 40.4 Å². The number of nitrogens with one attached hydrogen (secondary N) is 1. The van der Waals surface area contributed by atoms with Gasteiger partial charge in [-0.05, 0) is 43.8 Å². The van der Waals surface area contributed by atoms with Crippen molar-refractivity contribution in [2.45, 2.75) is 33.2 Å². The number of rotatable bonds is 5. The minimum absolute atomic E-state index is 0.312. The number of thiazole rings is 1. The summed E-state index contributed by atoms with van der Waals surface area (Å²) in [6, 6.07) is 2.59. The standard InChI is InChI=1S/C13H18N2S2/c1-4-5-14-12(11-6-9(2)16-7-11)13-10(3)15-8-17-13/h6-8,12,14H,4-5H2,1-3H3. The highest BCUT2D eigenvalue weighted by Crippen LogP contribution is 2.30. The van der Waals surface area contributed by atoms with Gasteiger partial charge in [-0.15, -0.1) is 22.7 Å². The Morgan fingerprint density at radius 2 is 2.18 bits per heavy atom. The lowest BCUT2D eigenvalue weighted by Gasteiger charge is -2.16. The Kier molecular flexibility index (Phi) is 4.31. The monoisotopic (exact) mass is 266 g/mol. The summed E-state index contributed by atoms with van der Waals surface area (Å²) in [6.45, 7) is 7.48. The summed E-state index contributed by atoms with van der Waals surface area (Å²) < 4.78 is 0. The zero-order valence-corrected chi connectivity index (χ0v) is 12.1. The summed E-state index contributed by atoms with van der Waals surface area (Å²) in [5, 5.41) is 5.87. The summed E-state index contributed by atoms with van der Waals surface area (Å²) in [7, 11) is 0. The minimum Gasteiger partial charge on any atom is -0.306 e. The van der Waals surface area contributed by atoms with Crippen molar-refractivity contribution in [1.82, 2.24) is 10.3 Å². The molecule has 2 aromatic heterocycles. The van der Waals surface area contributed by atoms with E-state index in [2.05, 4.69) is 42.5 Å². The Morgan fingerprint density at radius 3 is 2.71 bits per heavy atom. The van der Waals surface area contributed by atoms with E-state index in [-0.39, 0.29) is 0 Å². The van der Waals surface area contributed by atoms with Crippen LogP contribution in [0.4, 0.5) is 0 Å². The first kappa shape index (κ1) is 12.7. The lowest BCUT2D eigenvalue weighted by molar-refractivity contribution is 0.604. The molecule has 0 aliphatic carbocycles. The van der Waals surface area contributed by atoms with E-state index < -0.39 is 0 Å². The van der Waals surface area contributed by atoms with E-state index in [4.69, 9.17) is 0 Å². The highest BCUT2D eigenvalue weighted by atomic mass is 32.1. The second-order valence-electron chi connectivity index (χ2n) is 4.18. The van der Waals surface area contributed by atoms with E-state index in [0.29, 0.717) is 6.04 Å². The summed E-state index contributed by atoms with van der Waals surface area (Å²) in [5.41, 5.74) is 4.45. The molecule has 0 bridgehead atoms. The quantitative estimate of drug-likeness (QED) is 0.887. The smallest absolute Gasteiger partial charge is 0.0798 e. The van der Waals surface area contributed by atoms with Gasteiger partial charge in [0.25, 0.3) is 0 Å². The van der Waals surface area contributed by atoms with E-state index in [1.165, 1.54) is 15.3 Å². The van der Waals surface area contributed by atoms with Crippen LogP contribution < -0.4 is 5.32 Å². The van der Waals surface area contributed by atoms with Gasteiger partial charge in [-0.1, -0.05) is 6.92 Å². The molecule has 0 saturated heterocycles. The van der Waals surface area contributed by atoms with Crippen LogP contribution >= 0.6 is 22.7 Å². The highest BCUT2D eigenvalue weighted by Gasteiger charge is 2.18. The van der Waals surface area contributed by atoms with Gasteiger partial charge in [-0.25, -0.2) is 4.98 Å². The molecule has 2 nitrogen and oxygen atoms in total. The van der Waals surface area contributed by atoms with Crippen LogP contribution in [0, 0.1) is 13.8 Å². The summed E-state index contributed by atoms with van der Waals surface area (Å²) in [4.78, 5) is 7.07. The SMILES string of the molecule is CCCNC(c1csc(C)c1)c1scnc1C. The maximum Gasteiger partial charge on any atom is 0.0798 e. The Balaban J connectivity index is 2.28. The van der Waals surface area contributed by atoms with Crippen LogP contribution in [-0.4, -0.2) is 11.5 Å². The van der Waals surface area contributed by atoms with Gasteiger partial charge in [0.1, 0.15) is 0 Å². The third kappa shape index (κ3) is 2.94. The van der Waals surface area contributed by atoms with E-state index in [1.807, 2.05) is 16.8 Å². The van der Waals surface area contributed by atoms with Crippen LogP contribution in [0.2, 0.25) is 0 Å². The van der Waals surface area contributed by atoms with Crippen LogP contribution in [0.15, 0.2) is 17.0 Å². The fourth-order valence-electron chi connectivity index (χ4n) is 1.85. The van der Waals surface area contributed by atoms with E-state index in [9.17, 15) is 0 Å². The predicted octanol–water partition coefficient (Wildman–Crippen LogP) is 3.91. The summed E-state index contributed by atoms with van der Waals surface area (Å²) in [6.07, 6.45) is 1.15. The molecule has 0 radical (unpaired) electrons. The first-order valence-electron chi connectivity index (χ1n) is 5.90. The molecule has 4 heteroatoms. The second kappa shape index (κ2) is 5.76. The number of hydrogen-bond donors (Lipinski definition) is 1. The van der Waals surface area contributed by atoms with Crippen LogP contribution in [0.25, 0.3) is 0 Å². The number of nitrogens with zero attached hydrogens (tertiary/aromatic N) is 1. The molecule has 1 N–H and O–H groups in total. The van der Waals surface area contributed by atoms with Crippen molar-refractivity contribution < 1.29 is 0 Å². The van der Waals surface area contributed by atoms with Crippen LogP contribution in [0.5, 0.6) is 0 Å². The largest absolute Gasteiger partial charge is 0.306 e. The molecule has 0 fully saturated rings. The van der Waals surface area contributed by atoms with Gasteiger partial charge in [0, 0.05) is 9.75 Å². The third-order valence-corrected chi connectivity index (χ3v) is 4.60. The zero-order chi connectivity index (χ0) is 12.3. The maximum absolute atomic E-state index is 4.36. The maximum atomic E-state index is 4.36. The zero-order valence-electron chi connectivity index (χ0n) is 10.5. The molecule has 0 spiro atoms. The van der Waals surface area contributed by atoms with Gasteiger partial charge < -0.3 is 5.32 Å². The molecule has 1 atom stereocenters. The number of aryl methyl sites for hydroxylation is 2. The van der Waals surface area contributed by atoms with E-state index in [1.54, 1.807) is 11.3 Å². The predicted molar refractivity (Wildman–Crippen MR) is 76.0 cm³/mol. The molecule has 0 aromatic carbocycles. The second-order valence-corrected chi connectivity index (χ2v) is 6.18. The first-order valence-corrected chi connectivity index (χ1v) is 7.66. The van der Waals surface area contributed by atoms with E-state index >= 15 is 0 Å². The summed E-state index contributed by atoms with van der Waals surface area (Å²) >= 11 is 3.56. The van der Waals surface area contributed by atoms with Gasteiger partial charge in [0.05, 0.1) is 17.2 Å².